The van der Waals surface area contributed by atoms with E-state index in [1.54, 1.807) is 0 Å². The predicted octanol–water partition coefficient (Wildman–Crippen LogP) is 3.15. The van der Waals surface area contributed by atoms with Crippen LogP contribution in [0.4, 0.5) is 4.79 Å². The maximum Gasteiger partial charge on any atom is 0.407 e. The molecule has 3 N–H and O–H groups in total. The van der Waals surface area contributed by atoms with Gasteiger partial charge in [-0.15, -0.1) is 0 Å². The van der Waals surface area contributed by atoms with E-state index in [0.717, 1.165) is 37.7 Å². The predicted molar refractivity (Wildman–Crippen MR) is 100 cm³/mol. The van der Waals surface area contributed by atoms with E-state index in [9.17, 15) is 9.59 Å². The Morgan fingerprint density at radius 1 is 1.31 bits per heavy atom. The molecule has 2 rings (SSSR count). The molecule has 3 atom stereocenters. The largest absolute Gasteiger partial charge is 0.449 e. The third-order valence-electron chi connectivity index (χ3n) is 5.43. The lowest BCUT2D eigenvalue weighted by molar-refractivity contribution is -0.115. The number of alkyl carbamates (subject to hydrolysis) is 1. The van der Waals surface area contributed by atoms with Crippen molar-refractivity contribution in [1.82, 2.24) is 5.32 Å². The first-order chi connectivity index (χ1) is 12.1. The minimum atomic E-state index is -0.569. The molecule has 1 fully saturated rings. The van der Waals surface area contributed by atoms with Gasteiger partial charge in [-0.2, -0.15) is 0 Å². The van der Waals surface area contributed by atoms with E-state index in [4.69, 9.17) is 15.2 Å². The van der Waals surface area contributed by atoms with E-state index in [1.807, 2.05) is 27.7 Å². The molecule has 0 aromatic rings. The van der Waals surface area contributed by atoms with Gasteiger partial charge < -0.3 is 25.3 Å². The molecule has 0 bridgehead atoms. The Bertz CT molecular complexity index is 542. The van der Waals surface area contributed by atoms with Crippen LogP contribution in [0.2, 0.25) is 0 Å². The zero-order chi connectivity index (χ0) is 19.4. The third kappa shape index (κ3) is 6.31. The van der Waals surface area contributed by atoms with Gasteiger partial charge in [0.15, 0.2) is 0 Å². The molecule has 2 aliphatic carbocycles. The minimum Gasteiger partial charge on any atom is -0.449 e. The molecule has 0 spiro atoms. The van der Waals surface area contributed by atoms with E-state index in [1.165, 1.54) is 0 Å². The Labute approximate surface area is 156 Å². The second kappa shape index (κ2) is 8.42. The Kier molecular flexibility index (Phi) is 6.72. The highest BCUT2D eigenvalue weighted by molar-refractivity contribution is 5.68. The van der Waals surface area contributed by atoms with Crippen molar-refractivity contribution in [3.05, 3.63) is 11.8 Å². The van der Waals surface area contributed by atoms with Gasteiger partial charge in [0, 0.05) is 12.1 Å². The van der Waals surface area contributed by atoms with Crippen molar-refractivity contribution in [2.24, 2.45) is 23.5 Å². The van der Waals surface area contributed by atoms with E-state index in [-0.39, 0.29) is 0 Å². The lowest BCUT2D eigenvalue weighted by atomic mass is 10.0. The van der Waals surface area contributed by atoms with Gasteiger partial charge in [-0.25, -0.2) is 4.79 Å². The van der Waals surface area contributed by atoms with Crippen molar-refractivity contribution in [3.8, 4) is 0 Å². The fourth-order valence-electron chi connectivity index (χ4n) is 3.68. The summed E-state index contributed by atoms with van der Waals surface area (Å²) in [6, 6.07) is 0. The number of amides is 1. The van der Waals surface area contributed by atoms with Crippen LogP contribution in [-0.2, 0) is 14.3 Å². The molecular formula is C20H34N2O4. The highest BCUT2D eigenvalue weighted by atomic mass is 16.6. The van der Waals surface area contributed by atoms with Crippen molar-refractivity contribution in [2.45, 2.75) is 70.9 Å². The summed E-state index contributed by atoms with van der Waals surface area (Å²) in [5, 5.41) is 2.86. The van der Waals surface area contributed by atoms with E-state index in [2.05, 4.69) is 11.4 Å². The van der Waals surface area contributed by atoms with Gasteiger partial charge in [0.1, 0.15) is 6.29 Å². The number of nitrogens with two attached hydrogens (primary N) is 1. The lowest BCUT2D eigenvalue weighted by Crippen LogP contribution is -2.49. The van der Waals surface area contributed by atoms with E-state index >= 15 is 0 Å². The highest BCUT2D eigenvalue weighted by Gasteiger charge is 2.49. The number of carbonyl (C=O) groups excluding carboxylic acids is 2. The summed E-state index contributed by atoms with van der Waals surface area (Å²) in [5.41, 5.74) is 5.82. The Morgan fingerprint density at radius 3 is 2.69 bits per heavy atom. The number of hydrogen-bond acceptors (Lipinski definition) is 5. The van der Waals surface area contributed by atoms with Gasteiger partial charge in [0.05, 0.1) is 24.4 Å². The first-order valence-corrected chi connectivity index (χ1v) is 9.60. The normalized spacial score (nSPS) is 28.0. The molecule has 0 aromatic carbocycles. The van der Waals surface area contributed by atoms with E-state index < -0.39 is 17.2 Å². The second-order valence-electron chi connectivity index (χ2n) is 8.91. The number of carbonyl (C=O) groups is 2. The molecule has 1 saturated carbocycles. The molecule has 0 saturated heterocycles. The SMILES string of the molecule is CC(C)(COC(C)(C)CC=O)NC(=O)OCC1C2CC/C=C(/N)CCC21. The monoisotopic (exact) mass is 366 g/mol. The van der Waals surface area contributed by atoms with Crippen LogP contribution in [0.25, 0.3) is 0 Å². The lowest BCUT2D eigenvalue weighted by Gasteiger charge is -2.31. The summed E-state index contributed by atoms with van der Waals surface area (Å²) in [7, 11) is 0. The van der Waals surface area contributed by atoms with E-state index in [0.29, 0.717) is 37.4 Å². The zero-order valence-electron chi connectivity index (χ0n) is 16.5. The fraction of sp³-hybridized carbons (Fsp3) is 0.800. The Hall–Kier alpha value is -1.56. The number of fused-ring (bicyclic) bond motifs is 1. The number of ether oxygens (including phenoxy) is 2. The maximum atomic E-state index is 12.2. The first-order valence-electron chi connectivity index (χ1n) is 9.60. The highest BCUT2D eigenvalue weighted by Crippen LogP contribution is 2.53. The van der Waals surface area contributed by atoms with Gasteiger partial charge in [0.25, 0.3) is 0 Å². The maximum absolute atomic E-state index is 12.2. The topological polar surface area (TPSA) is 90.6 Å². The molecule has 2 aliphatic rings. The number of allylic oxidation sites excluding steroid dienone is 2. The quantitative estimate of drug-likeness (QED) is 0.644. The van der Waals surface area contributed by atoms with Crippen LogP contribution in [0, 0.1) is 17.8 Å². The molecule has 148 valence electrons. The smallest absolute Gasteiger partial charge is 0.407 e. The van der Waals surface area contributed by atoms with Crippen LogP contribution < -0.4 is 11.1 Å². The van der Waals surface area contributed by atoms with Gasteiger partial charge in [0.2, 0.25) is 0 Å². The van der Waals surface area contributed by atoms with Crippen molar-refractivity contribution in [2.75, 3.05) is 13.2 Å². The zero-order valence-corrected chi connectivity index (χ0v) is 16.5. The van der Waals surface area contributed by atoms with Crippen molar-refractivity contribution >= 4 is 12.4 Å². The standard InChI is InChI=1S/C20H34N2O4/c1-19(2,13-26-20(3,4)10-11-23)22-18(24)25-12-17-15-7-5-6-14(21)8-9-16(15)17/h6,11,15-17H,5,7-10,12-13,21H2,1-4H3,(H,22,24)/b14-6+. The number of aldehydes is 1. The minimum absolute atomic E-state index is 0.308. The van der Waals surface area contributed by atoms with Crippen molar-refractivity contribution in [3.63, 3.8) is 0 Å². The van der Waals surface area contributed by atoms with Crippen LogP contribution in [0.15, 0.2) is 11.8 Å². The summed E-state index contributed by atoms with van der Waals surface area (Å²) in [5.74, 6) is 1.76. The number of rotatable bonds is 8. The molecule has 6 nitrogen and oxygen atoms in total. The van der Waals surface area contributed by atoms with Crippen molar-refractivity contribution in [1.29, 1.82) is 0 Å². The molecule has 26 heavy (non-hydrogen) atoms. The Balaban J connectivity index is 1.71. The van der Waals surface area contributed by atoms with Crippen LogP contribution >= 0.6 is 0 Å². The summed E-state index contributed by atoms with van der Waals surface area (Å²) >= 11 is 0. The fourth-order valence-corrected chi connectivity index (χ4v) is 3.68. The summed E-state index contributed by atoms with van der Waals surface area (Å²) in [6.07, 6.45) is 7.08. The molecule has 6 heteroatoms. The third-order valence-corrected chi connectivity index (χ3v) is 5.43. The average Bonchev–Trinajstić information content (AvgIpc) is 3.17. The van der Waals surface area contributed by atoms with Gasteiger partial charge >= 0.3 is 6.09 Å². The molecule has 1 amide bonds. The Morgan fingerprint density at radius 2 is 2.00 bits per heavy atom. The first kappa shape index (κ1) is 20.7. The molecule has 3 unspecified atom stereocenters. The summed E-state index contributed by atoms with van der Waals surface area (Å²) < 4.78 is 11.2. The van der Waals surface area contributed by atoms with Gasteiger partial charge in [-0.05, 0) is 71.1 Å². The van der Waals surface area contributed by atoms with Crippen LogP contribution in [-0.4, -0.2) is 36.7 Å². The van der Waals surface area contributed by atoms with Crippen molar-refractivity contribution < 1.29 is 19.1 Å². The molecule has 0 aromatic heterocycles. The molecular weight excluding hydrogens is 332 g/mol. The van der Waals surface area contributed by atoms with Gasteiger partial charge in [-0.3, -0.25) is 0 Å². The van der Waals surface area contributed by atoms with Crippen LogP contribution in [0.1, 0.15) is 59.8 Å². The summed E-state index contributed by atoms with van der Waals surface area (Å²) in [4.78, 5) is 22.8. The van der Waals surface area contributed by atoms with Crippen LogP contribution in [0.5, 0.6) is 0 Å². The second-order valence-corrected chi connectivity index (χ2v) is 8.91. The number of nitrogens with one attached hydrogen (secondary N) is 1. The average molecular weight is 367 g/mol. The van der Waals surface area contributed by atoms with Gasteiger partial charge in [-0.1, -0.05) is 6.08 Å². The van der Waals surface area contributed by atoms with Crippen LogP contribution in [0.3, 0.4) is 0 Å². The summed E-state index contributed by atoms with van der Waals surface area (Å²) in [6.45, 7) is 8.25. The molecule has 0 heterocycles. The molecule has 0 aliphatic heterocycles. The number of hydrogen-bond donors (Lipinski definition) is 2. The molecule has 0 radical (unpaired) electrons.